The van der Waals surface area contributed by atoms with E-state index in [0.29, 0.717) is 16.6 Å². The van der Waals surface area contributed by atoms with Gasteiger partial charge in [-0.15, -0.1) is 0 Å². The van der Waals surface area contributed by atoms with Crippen LogP contribution in [0.5, 0.6) is 5.75 Å². The molecular weight excluding hydrogens is 288 g/mol. The summed E-state index contributed by atoms with van der Waals surface area (Å²) in [5.74, 6) is 2.06. The summed E-state index contributed by atoms with van der Waals surface area (Å²) in [4.78, 5) is 8.63. The van der Waals surface area contributed by atoms with Crippen LogP contribution in [0.4, 0.5) is 17.3 Å². The third-order valence-corrected chi connectivity index (χ3v) is 3.34. The zero-order chi connectivity index (χ0) is 15.2. The zero-order valence-electron chi connectivity index (χ0n) is 12.4. The van der Waals surface area contributed by atoms with Crippen LogP contribution < -0.4 is 15.4 Å². The zero-order valence-corrected chi connectivity index (χ0v) is 13.2. The summed E-state index contributed by atoms with van der Waals surface area (Å²) in [6.07, 6.45) is 4.40. The Morgan fingerprint density at radius 1 is 1.24 bits per heavy atom. The van der Waals surface area contributed by atoms with Crippen molar-refractivity contribution in [2.45, 2.75) is 20.3 Å². The molecule has 0 aliphatic carbocycles. The normalized spacial score (nSPS) is 10.3. The van der Waals surface area contributed by atoms with Gasteiger partial charge in [0.15, 0.2) is 5.82 Å². The molecule has 0 amide bonds. The van der Waals surface area contributed by atoms with E-state index in [1.54, 1.807) is 25.6 Å². The van der Waals surface area contributed by atoms with Crippen LogP contribution in [0.25, 0.3) is 0 Å². The summed E-state index contributed by atoms with van der Waals surface area (Å²) in [6.45, 7) is 4.91. The molecule has 0 atom stereocenters. The van der Waals surface area contributed by atoms with Crippen molar-refractivity contribution in [1.29, 1.82) is 0 Å². The summed E-state index contributed by atoms with van der Waals surface area (Å²) >= 11 is 6.10. The molecule has 112 valence electrons. The molecule has 0 aliphatic rings. The number of ether oxygens (including phenoxy) is 1. The van der Waals surface area contributed by atoms with Crippen LogP contribution in [0.1, 0.15) is 18.9 Å². The van der Waals surface area contributed by atoms with E-state index in [-0.39, 0.29) is 0 Å². The molecule has 21 heavy (non-hydrogen) atoms. The topological polar surface area (TPSA) is 59.1 Å². The van der Waals surface area contributed by atoms with Crippen LogP contribution >= 0.6 is 11.6 Å². The molecule has 0 bridgehead atoms. The molecule has 0 saturated carbocycles. The maximum atomic E-state index is 6.10. The molecule has 2 N–H and O–H groups in total. The van der Waals surface area contributed by atoms with Crippen LogP contribution in [-0.2, 0) is 0 Å². The molecule has 1 heterocycles. The number of methoxy groups -OCH3 is 1. The highest BCUT2D eigenvalue weighted by Gasteiger charge is 2.08. The third kappa shape index (κ3) is 3.98. The molecule has 1 aromatic carbocycles. The monoisotopic (exact) mass is 306 g/mol. The lowest BCUT2D eigenvalue weighted by molar-refractivity contribution is 0.416. The lowest BCUT2D eigenvalue weighted by Gasteiger charge is -2.13. The highest BCUT2D eigenvalue weighted by atomic mass is 35.5. The van der Waals surface area contributed by atoms with E-state index in [1.165, 1.54) is 0 Å². The first kappa shape index (κ1) is 15.4. The van der Waals surface area contributed by atoms with Crippen LogP contribution in [0, 0.1) is 6.92 Å². The van der Waals surface area contributed by atoms with E-state index in [4.69, 9.17) is 16.3 Å². The molecule has 0 spiro atoms. The number of aryl methyl sites for hydroxylation is 1. The van der Waals surface area contributed by atoms with Gasteiger partial charge in [-0.2, -0.15) is 0 Å². The van der Waals surface area contributed by atoms with Crippen molar-refractivity contribution in [3.05, 3.63) is 35.1 Å². The van der Waals surface area contributed by atoms with Crippen LogP contribution in [0.15, 0.2) is 24.5 Å². The molecule has 2 rings (SSSR count). The SMILES string of the molecule is CCCNc1cncc(Nc2cc(C)c(Cl)cc2OC)n1. The predicted molar refractivity (Wildman–Crippen MR) is 86.8 cm³/mol. The average Bonchev–Trinajstić information content (AvgIpc) is 2.49. The predicted octanol–water partition coefficient (Wildman–Crippen LogP) is 4.01. The minimum atomic E-state index is 0.649. The summed E-state index contributed by atoms with van der Waals surface area (Å²) in [5.41, 5.74) is 1.77. The van der Waals surface area contributed by atoms with Gasteiger partial charge in [0, 0.05) is 17.6 Å². The summed E-state index contributed by atoms with van der Waals surface area (Å²) in [7, 11) is 1.61. The Morgan fingerprint density at radius 3 is 2.71 bits per heavy atom. The summed E-state index contributed by atoms with van der Waals surface area (Å²) < 4.78 is 5.34. The molecule has 2 aromatic rings. The van der Waals surface area contributed by atoms with Crippen molar-refractivity contribution in [2.24, 2.45) is 0 Å². The van der Waals surface area contributed by atoms with Gasteiger partial charge in [0.2, 0.25) is 0 Å². The van der Waals surface area contributed by atoms with Crippen molar-refractivity contribution >= 4 is 28.9 Å². The molecule has 0 fully saturated rings. The first-order chi connectivity index (χ1) is 10.1. The Balaban J connectivity index is 2.23. The molecule has 0 aliphatic heterocycles. The van der Waals surface area contributed by atoms with E-state index in [2.05, 4.69) is 27.5 Å². The number of halogens is 1. The Kier molecular flexibility index (Phi) is 5.22. The first-order valence-corrected chi connectivity index (χ1v) is 7.19. The molecular formula is C15H19ClN4O. The van der Waals surface area contributed by atoms with E-state index < -0.39 is 0 Å². The van der Waals surface area contributed by atoms with Gasteiger partial charge in [0.05, 0.1) is 25.2 Å². The second-order valence-corrected chi connectivity index (χ2v) is 5.05. The molecule has 1 aromatic heterocycles. The number of benzene rings is 1. The Bertz CT molecular complexity index is 619. The van der Waals surface area contributed by atoms with Gasteiger partial charge in [-0.05, 0) is 25.0 Å². The quantitative estimate of drug-likeness (QED) is 0.844. The van der Waals surface area contributed by atoms with Gasteiger partial charge in [-0.1, -0.05) is 18.5 Å². The summed E-state index contributed by atoms with van der Waals surface area (Å²) in [6, 6.07) is 3.71. The average molecular weight is 307 g/mol. The second-order valence-electron chi connectivity index (χ2n) is 4.64. The number of anilines is 3. The van der Waals surface area contributed by atoms with Gasteiger partial charge in [0.25, 0.3) is 0 Å². The Labute approximate surface area is 129 Å². The lowest BCUT2D eigenvalue weighted by Crippen LogP contribution is -2.04. The van der Waals surface area contributed by atoms with Crippen LogP contribution in [0.2, 0.25) is 5.02 Å². The number of hydrogen-bond donors (Lipinski definition) is 2. The second kappa shape index (κ2) is 7.13. The van der Waals surface area contributed by atoms with Crippen molar-refractivity contribution in [3.63, 3.8) is 0 Å². The van der Waals surface area contributed by atoms with E-state index in [0.717, 1.165) is 30.0 Å². The standard InChI is InChI=1S/C15H19ClN4O/c1-4-5-18-14-8-17-9-15(20-14)19-12-6-10(2)11(16)7-13(12)21-3/h6-9H,4-5H2,1-3H3,(H2,18,19,20). The number of hydrogen-bond acceptors (Lipinski definition) is 5. The van der Waals surface area contributed by atoms with Crippen molar-refractivity contribution < 1.29 is 4.74 Å². The Morgan fingerprint density at radius 2 is 2.00 bits per heavy atom. The molecule has 0 radical (unpaired) electrons. The van der Waals surface area contributed by atoms with Gasteiger partial charge in [-0.3, -0.25) is 4.98 Å². The number of nitrogens with one attached hydrogen (secondary N) is 2. The van der Waals surface area contributed by atoms with Gasteiger partial charge in [0.1, 0.15) is 11.6 Å². The van der Waals surface area contributed by atoms with Gasteiger partial charge < -0.3 is 15.4 Å². The molecule has 5 nitrogen and oxygen atoms in total. The van der Waals surface area contributed by atoms with Crippen molar-refractivity contribution in [2.75, 3.05) is 24.3 Å². The minimum Gasteiger partial charge on any atom is -0.495 e. The van der Waals surface area contributed by atoms with E-state index >= 15 is 0 Å². The largest absolute Gasteiger partial charge is 0.495 e. The van der Waals surface area contributed by atoms with Crippen LogP contribution in [-0.4, -0.2) is 23.6 Å². The molecule has 0 saturated heterocycles. The molecule has 6 heteroatoms. The van der Waals surface area contributed by atoms with Gasteiger partial charge in [-0.25, -0.2) is 4.98 Å². The van der Waals surface area contributed by atoms with E-state index in [1.807, 2.05) is 13.0 Å². The smallest absolute Gasteiger partial charge is 0.151 e. The number of rotatable bonds is 6. The first-order valence-electron chi connectivity index (χ1n) is 6.81. The third-order valence-electron chi connectivity index (χ3n) is 2.93. The van der Waals surface area contributed by atoms with Gasteiger partial charge >= 0.3 is 0 Å². The lowest BCUT2D eigenvalue weighted by atomic mass is 10.2. The summed E-state index contributed by atoms with van der Waals surface area (Å²) in [5, 5.41) is 7.08. The fraction of sp³-hybridized carbons (Fsp3) is 0.333. The highest BCUT2D eigenvalue weighted by Crippen LogP contribution is 2.32. The Hall–Kier alpha value is -2.01. The number of aromatic nitrogens is 2. The van der Waals surface area contributed by atoms with Crippen LogP contribution in [0.3, 0.4) is 0 Å². The fourth-order valence-corrected chi connectivity index (χ4v) is 1.99. The van der Waals surface area contributed by atoms with Crippen molar-refractivity contribution in [1.82, 2.24) is 9.97 Å². The maximum Gasteiger partial charge on any atom is 0.151 e. The van der Waals surface area contributed by atoms with Crippen molar-refractivity contribution in [3.8, 4) is 5.75 Å². The minimum absolute atomic E-state index is 0.649. The highest BCUT2D eigenvalue weighted by molar-refractivity contribution is 6.31. The maximum absolute atomic E-state index is 6.10. The number of nitrogens with zero attached hydrogens (tertiary/aromatic N) is 2. The van der Waals surface area contributed by atoms with E-state index in [9.17, 15) is 0 Å². The fourth-order valence-electron chi connectivity index (χ4n) is 1.83. The molecule has 0 unspecified atom stereocenters.